The molecule has 2 aromatic carbocycles. The molecule has 2 nitrogen and oxygen atoms in total. The highest BCUT2D eigenvalue weighted by Crippen LogP contribution is 2.31. The Balaban J connectivity index is 2.26. The summed E-state index contributed by atoms with van der Waals surface area (Å²) >= 11 is 0. The Morgan fingerprint density at radius 1 is 1.17 bits per heavy atom. The molecule has 1 atom stereocenters. The normalized spacial score (nSPS) is 18.7. The van der Waals surface area contributed by atoms with E-state index in [0.717, 1.165) is 28.3 Å². The van der Waals surface area contributed by atoms with Gasteiger partial charge in [0.25, 0.3) is 0 Å². The maximum atomic E-state index is 12.5. The zero-order valence-electron chi connectivity index (χ0n) is 10.3. The van der Waals surface area contributed by atoms with Gasteiger partial charge in [-0.1, -0.05) is 36.4 Å². The number of carbonyl (C=O) groups excluding carboxylic acids is 2. The number of benzene rings is 2. The predicted octanol–water partition coefficient (Wildman–Crippen LogP) is 3.17. The molecule has 0 bridgehead atoms. The van der Waals surface area contributed by atoms with E-state index in [9.17, 15) is 9.59 Å². The Labute approximate surface area is 106 Å². The van der Waals surface area contributed by atoms with Gasteiger partial charge in [0.15, 0.2) is 5.78 Å². The van der Waals surface area contributed by atoms with Gasteiger partial charge in [0.05, 0.1) is 5.92 Å². The van der Waals surface area contributed by atoms with Crippen molar-refractivity contribution in [1.82, 2.24) is 0 Å². The van der Waals surface area contributed by atoms with Crippen molar-refractivity contribution in [3.63, 3.8) is 0 Å². The van der Waals surface area contributed by atoms with Crippen molar-refractivity contribution in [3.05, 3.63) is 47.5 Å². The topological polar surface area (TPSA) is 34.1 Å². The highest BCUT2D eigenvalue weighted by atomic mass is 16.1. The van der Waals surface area contributed by atoms with Crippen LogP contribution in [0.2, 0.25) is 0 Å². The first kappa shape index (κ1) is 11.1. The van der Waals surface area contributed by atoms with Crippen LogP contribution in [0.1, 0.15) is 29.3 Å². The van der Waals surface area contributed by atoms with Gasteiger partial charge in [-0.2, -0.15) is 0 Å². The van der Waals surface area contributed by atoms with Crippen molar-refractivity contribution in [2.75, 3.05) is 0 Å². The number of fused-ring (bicyclic) bond motifs is 3. The fourth-order valence-corrected chi connectivity index (χ4v) is 2.81. The molecule has 0 radical (unpaired) electrons. The lowest BCUT2D eigenvalue weighted by molar-refractivity contribution is -0.119. The van der Waals surface area contributed by atoms with Crippen LogP contribution < -0.4 is 0 Å². The van der Waals surface area contributed by atoms with Crippen molar-refractivity contribution in [2.45, 2.75) is 19.8 Å². The molecule has 2 aromatic rings. The lowest BCUT2D eigenvalue weighted by Gasteiger charge is -2.22. The third-order valence-corrected chi connectivity index (χ3v) is 3.77. The molecular formula is C16H14O2. The van der Waals surface area contributed by atoms with Crippen LogP contribution in [0, 0.1) is 5.92 Å². The number of ketones is 2. The first-order valence-electron chi connectivity index (χ1n) is 6.24. The summed E-state index contributed by atoms with van der Waals surface area (Å²) in [4.78, 5) is 24.0. The molecular weight excluding hydrogens is 224 g/mol. The van der Waals surface area contributed by atoms with E-state index in [0.29, 0.717) is 6.42 Å². The molecule has 2 heteroatoms. The molecule has 18 heavy (non-hydrogen) atoms. The molecule has 0 N–H and O–H groups in total. The second kappa shape index (κ2) is 4.05. The summed E-state index contributed by atoms with van der Waals surface area (Å²) in [7, 11) is 0. The number of rotatable bonds is 1. The van der Waals surface area contributed by atoms with E-state index < -0.39 is 5.92 Å². The van der Waals surface area contributed by atoms with Crippen LogP contribution in [-0.4, -0.2) is 11.6 Å². The molecule has 0 spiro atoms. The summed E-state index contributed by atoms with van der Waals surface area (Å²) in [6.07, 6.45) is 1.47. The fourth-order valence-electron chi connectivity index (χ4n) is 2.81. The maximum absolute atomic E-state index is 12.5. The van der Waals surface area contributed by atoms with Crippen LogP contribution in [0.3, 0.4) is 0 Å². The molecule has 0 fully saturated rings. The van der Waals surface area contributed by atoms with E-state index in [1.807, 2.05) is 30.3 Å². The molecule has 3 rings (SSSR count). The summed E-state index contributed by atoms with van der Waals surface area (Å²) in [5.41, 5.74) is 1.84. The van der Waals surface area contributed by atoms with E-state index in [1.165, 1.54) is 6.92 Å². The Kier molecular flexibility index (Phi) is 2.51. The third-order valence-electron chi connectivity index (χ3n) is 3.77. The van der Waals surface area contributed by atoms with Crippen molar-refractivity contribution in [1.29, 1.82) is 0 Å². The minimum Gasteiger partial charge on any atom is -0.299 e. The van der Waals surface area contributed by atoms with Crippen LogP contribution in [0.5, 0.6) is 0 Å². The zero-order valence-corrected chi connectivity index (χ0v) is 10.3. The minimum absolute atomic E-state index is 0.000509. The molecule has 1 unspecified atom stereocenters. The van der Waals surface area contributed by atoms with E-state index in [2.05, 4.69) is 6.07 Å². The largest absolute Gasteiger partial charge is 0.299 e. The minimum atomic E-state index is -0.441. The number of Topliss-reactive ketones (excluding diaryl/α,β-unsaturated/α-hetero) is 2. The molecule has 0 aromatic heterocycles. The molecule has 0 saturated heterocycles. The summed E-state index contributed by atoms with van der Waals surface area (Å²) in [6.45, 7) is 1.51. The van der Waals surface area contributed by atoms with E-state index >= 15 is 0 Å². The van der Waals surface area contributed by atoms with Gasteiger partial charge in [-0.25, -0.2) is 0 Å². The van der Waals surface area contributed by atoms with Crippen molar-refractivity contribution in [3.8, 4) is 0 Å². The SMILES string of the molecule is CC(=O)C1CCc2ccc3ccccc3c2C1=O. The van der Waals surface area contributed by atoms with Gasteiger partial charge in [-0.3, -0.25) is 9.59 Å². The lowest BCUT2D eigenvalue weighted by Crippen LogP contribution is -2.28. The van der Waals surface area contributed by atoms with Crippen molar-refractivity contribution < 1.29 is 9.59 Å². The highest BCUT2D eigenvalue weighted by Gasteiger charge is 2.31. The first-order valence-corrected chi connectivity index (χ1v) is 6.24. The highest BCUT2D eigenvalue weighted by molar-refractivity contribution is 6.17. The van der Waals surface area contributed by atoms with Gasteiger partial charge >= 0.3 is 0 Å². The van der Waals surface area contributed by atoms with E-state index in [-0.39, 0.29) is 11.6 Å². The number of hydrogen-bond donors (Lipinski definition) is 0. The van der Waals surface area contributed by atoms with E-state index in [4.69, 9.17) is 0 Å². The second-order valence-corrected chi connectivity index (χ2v) is 4.89. The van der Waals surface area contributed by atoms with Gasteiger partial charge in [-0.05, 0) is 36.1 Å². The Hall–Kier alpha value is -1.96. The Bertz CT molecular complexity index is 655. The smallest absolute Gasteiger partial charge is 0.174 e. The standard InChI is InChI=1S/C16H14O2/c1-10(17)13-9-8-12-7-6-11-4-2-3-5-14(11)15(12)16(13)18/h2-7,13H,8-9H2,1H3. The average molecular weight is 238 g/mol. The van der Waals surface area contributed by atoms with Gasteiger partial charge in [0.2, 0.25) is 0 Å². The third kappa shape index (κ3) is 1.57. The number of hydrogen-bond acceptors (Lipinski definition) is 2. The summed E-state index contributed by atoms with van der Waals surface area (Å²) in [6, 6.07) is 11.9. The van der Waals surface area contributed by atoms with Gasteiger partial charge in [0.1, 0.15) is 5.78 Å². The lowest BCUT2D eigenvalue weighted by atomic mass is 9.79. The summed E-state index contributed by atoms with van der Waals surface area (Å²) in [5.74, 6) is -0.456. The number of carbonyl (C=O) groups is 2. The zero-order chi connectivity index (χ0) is 12.7. The molecule has 0 aliphatic heterocycles. The van der Waals surface area contributed by atoms with Gasteiger partial charge < -0.3 is 0 Å². The van der Waals surface area contributed by atoms with Gasteiger partial charge in [0, 0.05) is 5.56 Å². The average Bonchev–Trinajstić information content (AvgIpc) is 2.38. The molecule has 1 aliphatic carbocycles. The first-order chi connectivity index (χ1) is 8.68. The molecule has 0 heterocycles. The van der Waals surface area contributed by atoms with Crippen LogP contribution >= 0.6 is 0 Å². The molecule has 90 valence electrons. The van der Waals surface area contributed by atoms with Gasteiger partial charge in [-0.15, -0.1) is 0 Å². The number of aryl methyl sites for hydroxylation is 1. The Morgan fingerprint density at radius 2 is 1.94 bits per heavy atom. The monoisotopic (exact) mass is 238 g/mol. The van der Waals surface area contributed by atoms with Crippen molar-refractivity contribution in [2.24, 2.45) is 5.92 Å². The predicted molar refractivity (Wildman–Crippen MR) is 70.8 cm³/mol. The van der Waals surface area contributed by atoms with Crippen LogP contribution in [-0.2, 0) is 11.2 Å². The maximum Gasteiger partial charge on any atom is 0.174 e. The molecule has 0 saturated carbocycles. The summed E-state index contributed by atoms with van der Waals surface area (Å²) < 4.78 is 0. The van der Waals surface area contributed by atoms with Crippen LogP contribution in [0.15, 0.2) is 36.4 Å². The van der Waals surface area contributed by atoms with Crippen LogP contribution in [0.4, 0.5) is 0 Å². The second-order valence-electron chi connectivity index (χ2n) is 4.89. The molecule has 1 aliphatic rings. The fraction of sp³-hybridized carbons (Fsp3) is 0.250. The van der Waals surface area contributed by atoms with Crippen LogP contribution in [0.25, 0.3) is 10.8 Å². The Morgan fingerprint density at radius 3 is 2.72 bits per heavy atom. The van der Waals surface area contributed by atoms with Crippen molar-refractivity contribution >= 4 is 22.3 Å². The summed E-state index contributed by atoms with van der Waals surface area (Å²) in [5, 5.41) is 2.04. The quantitative estimate of drug-likeness (QED) is 0.715. The van der Waals surface area contributed by atoms with E-state index in [1.54, 1.807) is 0 Å². The molecule has 0 amide bonds.